The molecule has 0 aliphatic rings. The van der Waals surface area contributed by atoms with E-state index in [0.29, 0.717) is 0 Å². The number of thiocarbonyl (C=S) groups is 1. The van der Waals surface area contributed by atoms with Crippen LogP contribution in [0.3, 0.4) is 0 Å². The fourth-order valence-electron chi connectivity index (χ4n) is 0.310. The van der Waals surface area contributed by atoms with Crippen LogP contribution in [-0.4, -0.2) is 11.5 Å². The van der Waals surface area contributed by atoms with Gasteiger partial charge in [-0.05, 0) is 6.42 Å². The number of nitrogens with one attached hydrogen (secondary N) is 2. The fraction of sp³-hybridized carbons (Fsp3) is 0.500. The minimum absolute atomic E-state index is 0.736. The van der Waals surface area contributed by atoms with Crippen LogP contribution in [0.5, 0.6) is 0 Å². The van der Waals surface area contributed by atoms with Crippen molar-refractivity contribution < 1.29 is 0 Å². The molecule has 2 N–H and O–H groups in total. The van der Waals surface area contributed by atoms with Gasteiger partial charge >= 0.3 is 0 Å². The summed E-state index contributed by atoms with van der Waals surface area (Å²) < 4.78 is 0. The minimum Gasteiger partial charge on any atom is -0.315 e. The van der Waals surface area contributed by atoms with Crippen molar-refractivity contribution in [2.75, 3.05) is 6.54 Å². The Hall–Kier alpha value is -0.410. The molecule has 0 aliphatic heterocycles. The molecule has 0 heterocycles. The molecule has 0 spiro atoms. The molecular formula is C6H12N2S. The molecule has 0 bridgehead atoms. The van der Waals surface area contributed by atoms with Gasteiger partial charge < -0.3 is 5.43 Å². The van der Waals surface area contributed by atoms with E-state index in [9.17, 15) is 0 Å². The van der Waals surface area contributed by atoms with Crippen LogP contribution in [-0.2, 0) is 0 Å². The highest BCUT2D eigenvalue weighted by molar-refractivity contribution is 7.80. The molecular weight excluding hydrogens is 132 g/mol. The maximum atomic E-state index is 4.86. The molecule has 0 aromatic heterocycles. The molecule has 52 valence electrons. The third-order valence-electron chi connectivity index (χ3n) is 0.795. The van der Waals surface area contributed by atoms with Crippen LogP contribution >= 0.6 is 12.2 Å². The molecule has 0 rings (SSSR count). The van der Waals surface area contributed by atoms with E-state index in [2.05, 4.69) is 17.4 Å². The first-order chi connectivity index (χ1) is 4.31. The maximum Gasteiger partial charge on any atom is 0.0892 e. The zero-order valence-corrected chi connectivity index (χ0v) is 6.42. The zero-order valence-electron chi connectivity index (χ0n) is 5.61. The van der Waals surface area contributed by atoms with E-state index >= 15 is 0 Å². The third-order valence-corrected chi connectivity index (χ3v) is 1.19. The number of hydrazine groups is 1. The van der Waals surface area contributed by atoms with Gasteiger partial charge in [-0.3, -0.25) is 0 Å². The molecule has 0 aromatic carbocycles. The van der Waals surface area contributed by atoms with Crippen molar-refractivity contribution >= 4 is 17.2 Å². The highest BCUT2D eigenvalue weighted by atomic mass is 32.1. The van der Waals surface area contributed by atoms with Crippen molar-refractivity contribution in [3.05, 3.63) is 12.7 Å². The van der Waals surface area contributed by atoms with Gasteiger partial charge in [0.2, 0.25) is 0 Å². The van der Waals surface area contributed by atoms with E-state index in [-0.39, 0.29) is 0 Å². The Bertz CT molecular complexity index is 101. The Kier molecular flexibility index (Phi) is 5.46. The minimum atomic E-state index is 0.736. The van der Waals surface area contributed by atoms with E-state index in [4.69, 9.17) is 12.2 Å². The van der Waals surface area contributed by atoms with E-state index < -0.39 is 0 Å². The summed E-state index contributed by atoms with van der Waals surface area (Å²) in [6.07, 6.45) is 2.64. The number of rotatable bonds is 4. The van der Waals surface area contributed by atoms with Crippen molar-refractivity contribution in [1.82, 2.24) is 10.9 Å². The second-order valence-electron chi connectivity index (χ2n) is 1.57. The van der Waals surface area contributed by atoms with Crippen molar-refractivity contribution in [3.63, 3.8) is 0 Å². The summed E-state index contributed by atoms with van der Waals surface area (Å²) in [6, 6.07) is 0. The summed E-state index contributed by atoms with van der Waals surface area (Å²) in [5, 5.41) is 0. The molecule has 0 aliphatic carbocycles. The quantitative estimate of drug-likeness (QED) is 0.266. The maximum absolute atomic E-state index is 4.86. The summed E-state index contributed by atoms with van der Waals surface area (Å²) in [6.45, 7) is 6.28. The lowest BCUT2D eigenvalue weighted by Gasteiger charge is -2.03. The monoisotopic (exact) mass is 144 g/mol. The first kappa shape index (κ1) is 8.59. The summed E-state index contributed by atoms with van der Waals surface area (Å²) in [7, 11) is 0. The predicted octanol–water partition coefficient (Wildman–Crippen LogP) is 1.00. The second kappa shape index (κ2) is 5.72. The molecule has 0 amide bonds. The van der Waals surface area contributed by atoms with Crippen LogP contribution in [0.15, 0.2) is 12.7 Å². The molecule has 0 aromatic rings. The van der Waals surface area contributed by atoms with Crippen LogP contribution in [0, 0.1) is 0 Å². The average Bonchev–Trinajstić information content (AvgIpc) is 1.89. The summed E-state index contributed by atoms with van der Waals surface area (Å²) >= 11 is 4.86. The Labute approximate surface area is 61.3 Å². The van der Waals surface area contributed by atoms with Gasteiger partial charge in [0.15, 0.2) is 0 Å². The number of hydrogen-bond acceptors (Lipinski definition) is 2. The first-order valence-corrected chi connectivity index (χ1v) is 3.34. The van der Waals surface area contributed by atoms with Gasteiger partial charge in [0.05, 0.1) is 4.99 Å². The van der Waals surface area contributed by atoms with Gasteiger partial charge in [-0.1, -0.05) is 25.2 Å². The summed E-state index contributed by atoms with van der Waals surface area (Å²) in [4.78, 5) is 0.830. The Morgan fingerprint density at radius 2 is 2.44 bits per heavy atom. The Balaban J connectivity index is 3.06. The number of hydrogen-bond donors (Lipinski definition) is 2. The van der Waals surface area contributed by atoms with Gasteiger partial charge in [0, 0.05) is 6.54 Å². The summed E-state index contributed by atoms with van der Waals surface area (Å²) in [5.74, 6) is 0. The van der Waals surface area contributed by atoms with Crippen LogP contribution in [0.4, 0.5) is 0 Å². The zero-order chi connectivity index (χ0) is 7.11. The summed E-state index contributed by atoms with van der Waals surface area (Å²) in [5.41, 5.74) is 5.72. The van der Waals surface area contributed by atoms with E-state index in [1.807, 2.05) is 6.92 Å². The standard InChI is InChI=1S/C6H12N2S/c1-3-5-7-8-6(9)4-2/h3,7H,1,4-5H2,2H3,(H,8,9). The normalized spacial score (nSPS) is 8.56. The molecule has 0 radical (unpaired) electrons. The molecule has 0 saturated carbocycles. The van der Waals surface area contributed by atoms with Crippen LogP contribution < -0.4 is 10.9 Å². The van der Waals surface area contributed by atoms with E-state index in [0.717, 1.165) is 18.0 Å². The molecule has 0 unspecified atom stereocenters. The van der Waals surface area contributed by atoms with Crippen molar-refractivity contribution in [1.29, 1.82) is 0 Å². The fourth-order valence-corrected chi connectivity index (χ4v) is 0.382. The molecule has 2 nitrogen and oxygen atoms in total. The third kappa shape index (κ3) is 5.46. The molecule has 9 heavy (non-hydrogen) atoms. The SMILES string of the molecule is C=CCNNC(=S)CC. The van der Waals surface area contributed by atoms with Crippen molar-refractivity contribution in [2.45, 2.75) is 13.3 Å². The smallest absolute Gasteiger partial charge is 0.0892 e. The van der Waals surface area contributed by atoms with Crippen molar-refractivity contribution in [3.8, 4) is 0 Å². The van der Waals surface area contributed by atoms with Gasteiger partial charge in [0.25, 0.3) is 0 Å². The lowest BCUT2D eigenvalue weighted by Crippen LogP contribution is -2.35. The predicted molar refractivity (Wildman–Crippen MR) is 44.2 cm³/mol. The molecule has 0 saturated heterocycles. The van der Waals surface area contributed by atoms with Gasteiger partial charge in [0.1, 0.15) is 0 Å². The molecule has 0 fully saturated rings. The molecule has 3 heteroatoms. The Morgan fingerprint density at radius 1 is 1.78 bits per heavy atom. The van der Waals surface area contributed by atoms with Crippen LogP contribution in [0.1, 0.15) is 13.3 Å². The highest BCUT2D eigenvalue weighted by Crippen LogP contribution is 1.75. The molecule has 0 atom stereocenters. The van der Waals surface area contributed by atoms with Crippen LogP contribution in [0.25, 0.3) is 0 Å². The highest BCUT2D eigenvalue weighted by Gasteiger charge is 1.85. The van der Waals surface area contributed by atoms with Gasteiger partial charge in [-0.2, -0.15) is 0 Å². The Morgan fingerprint density at radius 3 is 2.89 bits per heavy atom. The van der Waals surface area contributed by atoms with E-state index in [1.165, 1.54) is 0 Å². The van der Waals surface area contributed by atoms with E-state index in [1.54, 1.807) is 6.08 Å². The lowest BCUT2D eigenvalue weighted by atomic mass is 10.5. The van der Waals surface area contributed by atoms with Gasteiger partial charge in [-0.15, -0.1) is 6.58 Å². The van der Waals surface area contributed by atoms with Crippen LogP contribution in [0.2, 0.25) is 0 Å². The topological polar surface area (TPSA) is 24.1 Å². The first-order valence-electron chi connectivity index (χ1n) is 2.93. The second-order valence-corrected chi connectivity index (χ2v) is 2.06. The van der Waals surface area contributed by atoms with Crippen molar-refractivity contribution in [2.24, 2.45) is 0 Å². The largest absolute Gasteiger partial charge is 0.315 e. The average molecular weight is 144 g/mol. The lowest BCUT2D eigenvalue weighted by molar-refractivity contribution is 0.714. The van der Waals surface area contributed by atoms with Gasteiger partial charge in [-0.25, -0.2) is 5.43 Å².